The molecule has 1 aliphatic rings. The summed E-state index contributed by atoms with van der Waals surface area (Å²) in [6.07, 6.45) is 0.272. The number of sulfone groups is 1. The summed E-state index contributed by atoms with van der Waals surface area (Å²) in [7, 11) is -2.94. The topological polar surface area (TPSA) is 54.5 Å². The Morgan fingerprint density at radius 3 is 2.85 bits per heavy atom. The lowest BCUT2D eigenvalue weighted by Crippen LogP contribution is -2.47. The molecule has 20 heavy (non-hydrogen) atoms. The van der Waals surface area contributed by atoms with Crippen LogP contribution in [0.4, 0.5) is 4.39 Å². The Labute approximate surface area is 118 Å². The molecule has 0 spiro atoms. The Morgan fingerprint density at radius 1 is 1.45 bits per heavy atom. The van der Waals surface area contributed by atoms with E-state index in [2.05, 4.69) is 0 Å². The summed E-state index contributed by atoms with van der Waals surface area (Å²) < 4.78 is 36.0. The second-order valence-electron chi connectivity index (χ2n) is 5.18. The number of halogens is 1. The van der Waals surface area contributed by atoms with E-state index in [0.717, 1.165) is 0 Å². The zero-order valence-electron chi connectivity index (χ0n) is 11.4. The number of carbonyl (C=O) groups excluding carboxylic acids is 1. The van der Waals surface area contributed by atoms with Gasteiger partial charge in [0, 0.05) is 31.1 Å². The zero-order chi connectivity index (χ0) is 14.8. The van der Waals surface area contributed by atoms with Crippen LogP contribution in [0.5, 0.6) is 0 Å². The molecule has 4 nitrogen and oxygen atoms in total. The van der Waals surface area contributed by atoms with Gasteiger partial charge in [0.15, 0.2) is 15.6 Å². The SMILES string of the molecule is CC1CS(=O)(=O)CCN1CCC(=O)c1cccc(F)c1. The Hall–Kier alpha value is -1.27. The van der Waals surface area contributed by atoms with Crippen molar-refractivity contribution in [2.75, 3.05) is 24.6 Å². The molecule has 6 heteroatoms. The molecule has 1 aromatic rings. The zero-order valence-corrected chi connectivity index (χ0v) is 12.2. The monoisotopic (exact) mass is 299 g/mol. The van der Waals surface area contributed by atoms with Crippen LogP contribution >= 0.6 is 0 Å². The van der Waals surface area contributed by atoms with Crippen molar-refractivity contribution in [3.05, 3.63) is 35.6 Å². The van der Waals surface area contributed by atoms with Gasteiger partial charge >= 0.3 is 0 Å². The van der Waals surface area contributed by atoms with Crippen molar-refractivity contribution in [1.82, 2.24) is 4.90 Å². The van der Waals surface area contributed by atoms with Crippen molar-refractivity contribution in [2.45, 2.75) is 19.4 Å². The predicted molar refractivity (Wildman–Crippen MR) is 75.0 cm³/mol. The first-order valence-corrected chi connectivity index (χ1v) is 8.43. The molecule has 0 aliphatic carbocycles. The third kappa shape index (κ3) is 3.86. The first-order valence-electron chi connectivity index (χ1n) is 6.60. The van der Waals surface area contributed by atoms with Crippen LogP contribution in [0.1, 0.15) is 23.7 Å². The van der Waals surface area contributed by atoms with E-state index in [0.29, 0.717) is 18.7 Å². The van der Waals surface area contributed by atoms with E-state index >= 15 is 0 Å². The molecule has 1 aliphatic heterocycles. The molecule has 0 radical (unpaired) electrons. The minimum atomic E-state index is -2.94. The van der Waals surface area contributed by atoms with Gasteiger partial charge in [-0.2, -0.15) is 0 Å². The first-order chi connectivity index (χ1) is 9.37. The van der Waals surface area contributed by atoms with Gasteiger partial charge in [-0.3, -0.25) is 9.69 Å². The van der Waals surface area contributed by atoms with E-state index in [1.807, 2.05) is 11.8 Å². The summed E-state index contributed by atoms with van der Waals surface area (Å²) in [6.45, 7) is 2.81. The number of rotatable bonds is 4. The summed E-state index contributed by atoms with van der Waals surface area (Å²) in [4.78, 5) is 14.0. The average Bonchev–Trinajstić information content (AvgIpc) is 2.36. The van der Waals surface area contributed by atoms with Gasteiger partial charge in [-0.25, -0.2) is 12.8 Å². The second-order valence-corrected chi connectivity index (χ2v) is 7.41. The molecule has 1 heterocycles. The standard InChI is InChI=1S/C14H18FNO3S/c1-11-10-20(18,19)8-7-16(11)6-5-14(17)12-3-2-4-13(15)9-12/h2-4,9,11H,5-8,10H2,1H3. The average molecular weight is 299 g/mol. The molecule has 2 rings (SSSR count). The van der Waals surface area contributed by atoms with Gasteiger partial charge in [0.2, 0.25) is 0 Å². The predicted octanol–water partition coefficient (Wildman–Crippen LogP) is 1.52. The number of ketones is 1. The Morgan fingerprint density at radius 2 is 2.20 bits per heavy atom. The van der Waals surface area contributed by atoms with Crippen LogP contribution in [-0.2, 0) is 9.84 Å². The van der Waals surface area contributed by atoms with Crippen LogP contribution in [0.15, 0.2) is 24.3 Å². The summed E-state index contributed by atoms with van der Waals surface area (Å²) in [5, 5.41) is 0. The minimum absolute atomic E-state index is 0.0749. The highest BCUT2D eigenvalue weighted by Gasteiger charge is 2.28. The molecule has 0 aromatic heterocycles. The maximum absolute atomic E-state index is 13.0. The molecule has 0 saturated carbocycles. The van der Waals surface area contributed by atoms with Gasteiger partial charge in [-0.1, -0.05) is 12.1 Å². The molecule has 0 bridgehead atoms. The van der Waals surface area contributed by atoms with E-state index < -0.39 is 15.7 Å². The van der Waals surface area contributed by atoms with Gasteiger partial charge in [0.25, 0.3) is 0 Å². The molecule has 0 N–H and O–H groups in total. The molecule has 1 saturated heterocycles. The maximum atomic E-state index is 13.0. The van der Waals surface area contributed by atoms with E-state index in [9.17, 15) is 17.6 Å². The van der Waals surface area contributed by atoms with Crippen molar-refractivity contribution < 1.29 is 17.6 Å². The molecule has 1 atom stereocenters. The van der Waals surface area contributed by atoms with E-state index in [1.54, 1.807) is 6.07 Å². The fraction of sp³-hybridized carbons (Fsp3) is 0.500. The van der Waals surface area contributed by atoms with Crippen LogP contribution in [0.3, 0.4) is 0 Å². The molecular formula is C14H18FNO3S. The Bertz CT molecular complexity index is 600. The van der Waals surface area contributed by atoms with Gasteiger partial charge in [-0.05, 0) is 19.1 Å². The number of hydrogen-bond acceptors (Lipinski definition) is 4. The van der Waals surface area contributed by atoms with Crippen molar-refractivity contribution in [3.63, 3.8) is 0 Å². The normalized spacial score (nSPS) is 22.6. The lowest BCUT2D eigenvalue weighted by atomic mass is 10.1. The van der Waals surface area contributed by atoms with Crippen LogP contribution < -0.4 is 0 Å². The van der Waals surface area contributed by atoms with Gasteiger partial charge in [0.05, 0.1) is 11.5 Å². The number of nitrogens with zero attached hydrogens (tertiary/aromatic N) is 1. The Kier molecular flexibility index (Phi) is 4.55. The quantitative estimate of drug-likeness (QED) is 0.791. The fourth-order valence-corrected chi connectivity index (χ4v) is 4.04. The molecular weight excluding hydrogens is 281 g/mol. The summed E-state index contributed by atoms with van der Waals surface area (Å²) in [5.41, 5.74) is 0.363. The molecule has 1 aromatic carbocycles. The lowest BCUT2D eigenvalue weighted by molar-refractivity contribution is 0.0956. The van der Waals surface area contributed by atoms with E-state index in [-0.39, 0.29) is 29.8 Å². The maximum Gasteiger partial charge on any atom is 0.164 e. The second kappa shape index (κ2) is 6.01. The highest BCUT2D eigenvalue weighted by molar-refractivity contribution is 7.91. The molecule has 1 unspecified atom stereocenters. The van der Waals surface area contributed by atoms with Gasteiger partial charge < -0.3 is 0 Å². The highest BCUT2D eigenvalue weighted by Crippen LogP contribution is 2.13. The van der Waals surface area contributed by atoms with Gasteiger partial charge in [0.1, 0.15) is 5.82 Å². The third-order valence-corrected chi connectivity index (χ3v) is 5.38. The first kappa shape index (κ1) is 15.1. The van der Waals surface area contributed by atoms with Crippen LogP contribution in [-0.4, -0.2) is 49.7 Å². The molecule has 0 amide bonds. The third-order valence-electron chi connectivity index (χ3n) is 3.58. The van der Waals surface area contributed by atoms with E-state index in [1.165, 1.54) is 18.2 Å². The summed E-state index contributed by atoms with van der Waals surface area (Å²) in [5.74, 6) is -0.259. The van der Waals surface area contributed by atoms with Crippen molar-refractivity contribution in [1.29, 1.82) is 0 Å². The van der Waals surface area contributed by atoms with Crippen LogP contribution in [0.25, 0.3) is 0 Å². The van der Waals surface area contributed by atoms with Crippen LogP contribution in [0, 0.1) is 5.82 Å². The number of benzene rings is 1. The van der Waals surface area contributed by atoms with Crippen molar-refractivity contribution in [3.8, 4) is 0 Å². The smallest absolute Gasteiger partial charge is 0.164 e. The Balaban J connectivity index is 1.91. The minimum Gasteiger partial charge on any atom is -0.298 e. The van der Waals surface area contributed by atoms with Crippen molar-refractivity contribution in [2.24, 2.45) is 0 Å². The van der Waals surface area contributed by atoms with Gasteiger partial charge in [-0.15, -0.1) is 0 Å². The number of Topliss-reactive ketones (excluding diaryl/α,β-unsaturated/α-hetero) is 1. The number of carbonyl (C=O) groups is 1. The fourth-order valence-electron chi connectivity index (χ4n) is 2.42. The molecule has 110 valence electrons. The number of hydrogen-bond donors (Lipinski definition) is 0. The summed E-state index contributed by atoms with van der Waals surface area (Å²) in [6, 6.07) is 5.56. The summed E-state index contributed by atoms with van der Waals surface area (Å²) >= 11 is 0. The lowest BCUT2D eigenvalue weighted by Gasteiger charge is -2.32. The largest absolute Gasteiger partial charge is 0.298 e. The van der Waals surface area contributed by atoms with Crippen LogP contribution in [0.2, 0.25) is 0 Å². The molecule has 1 fully saturated rings. The highest BCUT2D eigenvalue weighted by atomic mass is 32.2. The van der Waals surface area contributed by atoms with E-state index in [4.69, 9.17) is 0 Å². The van der Waals surface area contributed by atoms with Crippen molar-refractivity contribution >= 4 is 15.6 Å².